The molecule has 0 radical (unpaired) electrons. The summed E-state index contributed by atoms with van der Waals surface area (Å²) in [5, 5.41) is 9.86. The van der Waals surface area contributed by atoms with E-state index in [0.29, 0.717) is 16.6 Å². The normalized spacial score (nSPS) is 12.5. The first kappa shape index (κ1) is 16.4. The lowest BCUT2D eigenvalue weighted by molar-refractivity contribution is -0.141. The number of carbonyl (C=O) groups is 1. The van der Waals surface area contributed by atoms with E-state index in [2.05, 4.69) is 4.98 Å². The highest BCUT2D eigenvalue weighted by atomic mass is 32.1. The Morgan fingerprint density at radius 3 is 2.54 bits per heavy atom. The van der Waals surface area contributed by atoms with Crippen molar-refractivity contribution in [2.45, 2.75) is 33.2 Å². The summed E-state index contributed by atoms with van der Waals surface area (Å²) < 4.78 is 1.23. The Bertz CT molecular complexity index is 970. The van der Waals surface area contributed by atoms with Crippen molar-refractivity contribution in [2.24, 2.45) is 0 Å². The number of benzene rings is 1. The average Bonchev–Trinajstić information content (AvgIpc) is 2.88. The van der Waals surface area contributed by atoms with Crippen LogP contribution in [0.3, 0.4) is 0 Å². The molecule has 2 aromatic heterocycles. The third-order valence-corrected chi connectivity index (χ3v) is 5.17. The first-order chi connectivity index (χ1) is 11.4. The maximum atomic E-state index is 13.0. The third kappa shape index (κ3) is 2.63. The molecule has 6 heteroatoms. The molecule has 0 bridgehead atoms. The van der Waals surface area contributed by atoms with Crippen molar-refractivity contribution in [1.29, 1.82) is 0 Å². The number of rotatable bonds is 4. The van der Waals surface area contributed by atoms with Crippen LogP contribution in [-0.4, -0.2) is 20.6 Å². The summed E-state index contributed by atoms with van der Waals surface area (Å²) in [5.41, 5.74) is 2.64. The minimum Gasteiger partial charge on any atom is -0.480 e. The van der Waals surface area contributed by atoms with Gasteiger partial charge in [0.1, 0.15) is 10.9 Å². The molecule has 0 spiro atoms. The second kappa shape index (κ2) is 6.20. The average molecular weight is 342 g/mol. The zero-order valence-corrected chi connectivity index (χ0v) is 14.6. The van der Waals surface area contributed by atoms with Gasteiger partial charge in [-0.15, -0.1) is 11.3 Å². The molecule has 24 heavy (non-hydrogen) atoms. The maximum Gasteiger partial charge on any atom is 0.326 e. The molecule has 0 unspecified atom stereocenters. The van der Waals surface area contributed by atoms with Crippen LogP contribution in [0.5, 0.6) is 0 Å². The van der Waals surface area contributed by atoms with Crippen molar-refractivity contribution in [2.75, 3.05) is 0 Å². The van der Waals surface area contributed by atoms with Crippen molar-refractivity contribution in [3.63, 3.8) is 0 Å². The van der Waals surface area contributed by atoms with Gasteiger partial charge in [-0.25, -0.2) is 9.78 Å². The fourth-order valence-corrected chi connectivity index (χ4v) is 3.90. The van der Waals surface area contributed by atoms with E-state index in [4.69, 9.17) is 0 Å². The molecule has 3 rings (SSSR count). The highest BCUT2D eigenvalue weighted by Gasteiger charge is 2.23. The van der Waals surface area contributed by atoms with Crippen molar-refractivity contribution in [3.8, 4) is 11.1 Å². The van der Waals surface area contributed by atoms with Crippen molar-refractivity contribution < 1.29 is 9.90 Å². The van der Waals surface area contributed by atoms with Crippen LogP contribution in [0.2, 0.25) is 0 Å². The van der Waals surface area contributed by atoms with Gasteiger partial charge >= 0.3 is 5.97 Å². The molecule has 1 aromatic carbocycles. The van der Waals surface area contributed by atoms with E-state index in [1.54, 1.807) is 6.92 Å². The molecule has 0 aliphatic carbocycles. The monoisotopic (exact) mass is 342 g/mol. The number of hydrogen-bond donors (Lipinski definition) is 1. The van der Waals surface area contributed by atoms with Gasteiger partial charge in [0.05, 0.1) is 11.7 Å². The molecule has 0 aliphatic rings. The second-order valence-corrected chi connectivity index (χ2v) is 7.00. The fraction of sp³-hybridized carbons (Fsp3) is 0.278. The first-order valence-electron chi connectivity index (χ1n) is 7.74. The maximum absolute atomic E-state index is 13.0. The van der Waals surface area contributed by atoms with Crippen LogP contribution >= 0.6 is 11.3 Å². The molecule has 1 atom stereocenters. The standard InChI is InChI=1S/C18H18N2O3S/c1-4-13(18(22)23)20-9-19-16-15(17(20)21)14(11(3)24-16)12-7-5-10(2)6-8-12/h5-9,13H,4H2,1-3H3,(H,22,23)/t13-/m0/s1. The molecule has 124 valence electrons. The molecule has 0 fully saturated rings. The third-order valence-electron chi connectivity index (χ3n) is 4.16. The van der Waals surface area contributed by atoms with E-state index in [1.165, 1.54) is 22.2 Å². The number of aromatic nitrogens is 2. The highest BCUT2D eigenvalue weighted by Crippen LogP contribution is 2.35. The molecule has 3 aromatic rings. The SMILES string of the molecule is CC[C@@H](C(=O)O)n1cnc2sc(C)c(-c3ccc(C)cc3)c2c1=O. The van der Waals surface area contributed by atoms with Crippen LogP contribution in [0.4, 0.5) is 0 Å². The quantitative estimate of drug-likeness (QED) is 0.783. The van der Waals surface area contributed by atoms with Gasteiger partial charge in [-0.1, -0.05) is 36.8 Å². The largest absolute Gasteiger partial charge is 0.480 e. The summed E-state index contributed by atoms with van der Waals surface area (Å²) in [4.78, 5) is 30.4. The molecule has 0 aliphatic heterocycles. The Labute approximate surface area is 143 Å². The first-order valence-corrected chi connectivity index (χ1v) is 8.55. The summed E-state index contributed by atoms with van der Waals surface area (Å²) in [6, 6.07) is 7.06. The topological polar surface area (TPSA) is 72.2 Å². The number of carboxylic acid groups (broad SMARTS) is 1. The van der Waals surface area contributed by atoms with E-state index in [0.717, 1.165) is 21.6 Å². The number of fused-ring (bicyclic) bond motifs is 1. The smallest absolute Gasteiger partial charge is 0.326 e. The van der Waals surface area contributed by atoms with Gasteiger partial charge in [-0.05, 0) is 25.8 Å². The second-order valence-electron chi connectivity index (χ2n) is 5.80. The summed E-state index contributed by atoms with van der Waals surface area (Å²) in [7, 11) is 0. The van der Waals surface area contributed by atoms with Gasteiger partial charge < -0.3 is 5.11 Å². The Balaban J connectivity index is 2.31. The Hall–Kier alpha value is -2.47. The van der Waals surface area contributed by atoms with Crippen LogP contribution in [0.1, 0.15) is 29.8 Å². The summed E-state index contributed by atoms with van der Waals surface area (Å²) in [5.74, 6) is -1.02. The van der Waals surface area contributed by atoms with E-state index < -0.39 is 12.0 Å². The zero-order chi connectivity index (χ0) is 17.4. The number of aliphatic carboxylic acids is 1. The Morgan fingerprint density at radius 2 is 1.96 bits per heavy atom. The molecule has 5 nitrogen and oxygen atoms in total. The van der Waals surface area contributed by atoms with Gasteiger partial charge in [0.2, 0.25) is 0 Å². The van der Waals surface area contributed by atoms with E-state index in [-0.39, 0.29) is 5.56 Å². The van der Waals surface area contributed by atoms with E-state index >= 15 is 0 Å². The molecule has 0 amide bonds. The number of aryl methyl sites for hydroxylation is 2. The molecule has 2 heterocycles. The van der Waals surface area contributed by atoms with Crippen molar-refractivity contribution >= 4 is 27.5 Å². The summed E-state index contributed by atoms with van der Waals surface area (Å²) >= 11 is 1.46. The van der Waals surface area contributed by atoms with Crippen LogP contribution in [0.15, 0.2) is 35.4 Å². The molecule has 0 saturated carbocycles. The van der Waals surface area contributed by atoms with Crippen molar-refractivity contribution in [3.05, 3.63) is 51.4 Å². The van der Waals surface area contributed by atoms with Crippen LogP contribution in [-0.2, 0) is 4.79 Å². The van der Waals surface area contributed by atoms with Gasteiger partial charge in [0.15, 0.2) is 0 Å². The lowest BCUT2D eigenvalue weighted by Gasteiger charge is -2.13. The van der Waals surface area contributed by atoms with Crippen LogP contribution in [0.25, 0.3) is 21.3 Å². The summed E-state index contributed by atoms with van der Waals surface area (Å²) in [6.07, 6.45) is 1.67. The Kier molecular flexibility index (Phi) is 4.24. The summed E-state index contributed by atoms with van der Waals surface area (Å²) in [6.45, 7) is 5.71. The molecular weight excluding hydrogens is 324 g/mol. The number of thiophene rings is 1. The van der Waals surface area contributed by atoms with Gasteiger partial charge in [0, 0.05) is 10.4 Å². The fourth-order valence-electron chi connectivity index (χ4n) is 2.90. The lowest BCUT2D eigenvalue weighted by Crippen LogP contribution is -2.29. The Morgan fingerprint density at radius 1 is 1.29 bits per heavy atom. The predicted molar refractivity (Wildman–Crippen MR) is 95.8 cm³/mol. The molecule has 1 N–H and O–H groups in total. The van der Waals surface area contributed by atoms with Gasteiger partial charge in [0.25, 0.3) is 5.56 Å². The van der Waals surface area contributed by atoms with Crippen LogP contribution in [0, 0.1) is 13.8 Å². The van der Waals surface area contributed by atoms with Gasteiger partial charge in [-0.3, -0.25) is 9.36 Å². The molecule has 0 saturated heterocycles. The number of nitrogens with zero attached hydrogens (tertiary/aromatic N) is 2. The van der Waals surface area contributed by atoms with E-state index in [9.17, 15) is 14.7 Å². The highest BCUT2D eigenvalue weighted by molar-refractivity contribution is 7.19. The number of hydrogen-bond acceptors (Lipinski definition) is 4. The van der Waals surface area contributed by atoms with Gasteiger partial charge in [-0.2, -0.15) is 0 Å². The van der Waals surface area contributed by atoms with Crippen molar-refractivity contribution in [1.82, 2.24) is 9.55 Å². The minimum absolute atomic E-state index is 0.297. The predicted octanol–water partition coefficient (Wildman–Crippen LogP) is 3.78. The molecular formula is C18H18N2O3S. The number of carboxylic acids is 1. The van der Waals surface area contributed by atoms with E-state index in [1.807, 2.05) is 38.1 Å². The lowest BCUT2D eigenvalue weighted by atomic mass is 10.0. The van der Waals surface area contributed by atoms with Crippen LogP contribution < -0.4 is 5.56 Å². The zero-order valence-electron chi connectivity index (χ0n) is 13.7. The minimum atomic E-state index is -1.02.